The lowest BCUT2D eigenvalue weighted by molar-refractivity contribution is 0.0661. The van der Waals surface area contributed by atoms with E-state index in [4.69, 9.17) is 9.52 Å². The Morgan fingerprint density at radius 3 is 2.76 bits per heavy atom. The fraction of sp³-hybridized carbons (Fsp3) is 0.231. The first-order chi connectivity index (χ1) is 9.99. The van der Waals surface area contributed by atoms with Gasteiger partial charge in [-0.25, -0.2) is 14.2 Å². The summed E-state index contributed by atoms with van der Waals surface area (Å²) in [4.78, 5) is 15.1. The van der Waals surface area contributed by atoms with Gasteiger partial charge in [0.15, 0.2) is 0 Å². The number of benzene rings is 1. The van der Waals surface area contributed by atoms with Crippen LogP contribution in [-0.2, 0) is 17.5 Å². The second-order valence-electron chi connectivity index (χ2n) is 4.19. The number of hydrogen-bond donors (Lipinski definition) is 1. The van der Waals surface area contributed by atoms with Crippen LogP contribution >= 0.6 is 0 Å². The minimum atomic E-state index is -2.21. The number of hydrogen-bond acceptors (Lipinski definition) is 5. The molecule has 1 N–H and O–H groups in total. The monoisotopic (exact) mass is 312 g/mol. The molecule has 0 aliphatic carbocycles. The van der Waals surface area contributed by atoms with Crippen LogP contribution in [0.5, 0.6) is 0 Å². The van der Waals surface area contributed by atoms with Gasteiger partial charge in [0.1, 0.15) is 5.82 Å². The van der Waals surface area contributed by atoms with Crippen molar-refractivity contribution in [2.75, 3.05) is 5.75 Å². The molecule has 112 valence electrons. The second kappa shape index (κ2) is 6.59. The Hall–Kier alpha value is -2.06. The fourth-order valence-electron chi connectivity index (χ4n) is 1.80. The number of carboxylic acid groups (broad SMARTS) is 1. The maximum atomic E-state index is 13.6. The average molecular weight is 312 g/mol. The van der Waals surface area contributed by atoms with Crippen molar-refractivity contribution in [1.29, 1.82) is 0 Å². The van der Waals surface area contributed by atoms with Crippen molar-refractivity contribution < 1.29 is 27.5 Å². The van der Waals surface area contributed by atoms with E-state index in [1.165, 1.54) is 18.2 Å². The first kappa shape index (κ1) is 15.3. The molecule has 0 amide bonds. The van der Waals surface area contributed by atoms with Gasteiger partial charge < -0.3 is 14.1 Å². The molecular weight excluding hydrogens is 301 g/mol. The first-order valence-corrected chi connectivity index (χ1v) is 7.27. The average Bonchev–Trinajstić information content (AvgIpc) is 2.83. The molecule has 0 spiro atoms. The minimum Gasteiger partial charge on any atom is -0.772 e. The number of aryl methyl sites for hydroxylation is 1. The number of aromatic carboxylic acids is 1. The van der Waals surface area contributed by atoms with Crippen LogP contribution in [0.3, 0.4) is 0 Å². The van der Waals surface area contributed by atoms with E-state index >= 15 is 0 Å². The van der Waals surface area contributed by atoms with Gasteiger partial charge in [-0.05, 0) is 25.0 Å². The van der Waals surface area contributed by atoms with Crippen molar-refractivity contribution in [2.24, 2.45) is 0 Å². The van der Waals surface area contributed by atoms with Gasteiger partial charge in [-0.1, -0.05) is 23.2 Å². The lowest BCUT2D eigenvalue weighted by atomic mass is 10.2. The molecule has 0 bridgehead atoms. The van der Waals surface area contributed by atoms with Crippen molar-refractivity contribution >= 4 is 17.0 Å². The molecule has 1 unspecified atom stereocenters. The maximum Gasteiger partial charge on any atom is 0.373 e. The summed E-state index contributed by atoms with van der Waals surface area (Å²) in [5.74, 6) is -2.55. The number of nitrogens with zero attached hydrogens (tertiary/aromatic N) is 1. The first-order valence-electron chi connectivity index (χ1n) is 6.03. The summed E-state index contributed by atoms with van der Waals surface area (Å²) in [6.45, 7) is 0. The van der Waals surface area contributed by atoms with E-state index in [2.05, 4.69) is 4.98 Å². The lowest BCUT2D eigenvalue weighted by Gasteiger charge is -2.02. The van der Waals surface area contributed by atoms with Crippen LogP contribution in [-0.4, -0.2) is 30.6 Å². The molecule has 0 aliphatic rings. The third kappa shape index (κ3) is 3.73. The molecule has 1 aromatic carbocycles. The molecule has 0 fully saturated rings. The summed E-state index contributed by atoms with van der Waals surface area (Å²) >= 11 is -2.21. The van der Waals surface area contributed by atoms with Crippen LogP contribution in [0, 0.1) is 5.82 Å². The molecule has 0 saturated heterocycles. The van der Waals surface area contributed by atoms with Crippen LogP contribution in [0.15, 0.2) is 28.7 Å². The Balaban J connectivity index is 2.31. The highest BCUT2D eigenvalue weighted by Crippen LogP contribution is 2.25. The van der Waals surface area contributed by atoms with E-state index in [9.17, 15) is 17.9 Å². The summed E-state index contributed by atoms with van der Waals surface area (Å²) in [5.41, 5.74) is 0.157. The summed E-state index contributed by atoms with van der Waals surface area (Å²) in [6, 6.07) is 5.69. The topological polar surface area (TPSA) is 103 Å². The second-order valence-corrected chi connectivity index (χ2v) is 5.21. The normalized spacial score (nSPS) is 12.3. The van der Waals surface area contributed by atoms with Crippen molar-refractivity contribution in [3.05, 3.63) is 41.5 Å². The van der Waals surface area contributed by atoms with Crippen molar-refractivity contribution in [2.45, 2.75) is 12.8 Å². The molecule has 1 heterocycles. The Labute approximate surface area is 121 Å². The summed E-state index contributed by atoms with van der Waals surface area (Å²) < 4.78 is 39.7. The molecule has 0 radical (unpaired) electrons. The Morgan fingerprint density at radius 1 is 1.43 bits per heavy atom. The van der Waals surface area contributed by atoms with Gasteiger partial charge in [-0.15, -0.1) is 0 Å². The quantitative estimate of drug-likeness (QED) is 0.818. The molecule has 2 rings (SSSR count). The van der Waals surface area contributed by atoms with Gasteiger partial charge in [0.25, 0.3) is 0 Å². The van der Waals surface area contributed by atoms with E-state index in [0.717, 1.165) is 0 Å². The predicted molar refractivity (Wildman–Crippen MR) is 71.0 cm³/mol. The number of halogens is 1. The zero-order valence-electron chi connectivity index (χ0n) is 10.7. The fourth-order valence-corrected chi connectivity index (χ4v) is 2.18. The SMILES string of the molecule is O=C(O)c1oc(-c2ccccc2F)nc1CCCS(=O)[O-]. The maximum absolute atomic E-state index is 13.6. The zero-order chi connectivity index (χ0) is 15.4. The third-order valence-electron chi connectivity index (χ3n) is 2.72. The molecule has 2 aromatic rings. The van der Waals surface area contributed by atoms with Crippen LogP contribution in [0.25, 0.3) is 11.5 Å². The lowest BCUT2D eigenvalue weighted by Crippen LogP contribution is -2.03. The largest absolute Gasteiger partial charge is 0.772 e. The Morgan fingerprint density at radius 2 is 2.14 bits per heavy atom. The highest BCUT2D eigenvalue weighted by Gasteiger charge is 2.21. The molecule has 6 nitrogen and oxygen atoms in total. The number of rotatable bonds is 6. The van der Waals surface area contributed by atoms with Gasteiger partial charge in [-0.2, -0.15) is 0 Å². The number of oxazole rings is 1. The molecule has 1 aromatic heterocycles. The summed E-state index contributed by atoms with van der Waals surface area (Å²) in [5, 5.41) is 9.05. The summed E-state index contributed by atoms with van der Waals surface area (Å²) in [6.07, 6.45) is 0.327. The molecule has 0 aliphatic heterocycles. The molecule has 21 heavy (non-hydrogen) atoms. The molecule has 8 heteroatoms. The molecular formula is C13H11FNO5S-. The van der Waals surface area contributed by atoms with Gasteiger partial charge in [-0.3, -0.25) is 4.21 Å². The van der Waals surface area contributed by atoms with Gasteiger partial charge in [0.2, 0.25) is 11.7 Å². The predicted octanol–water partition coefficient (Wildman–Crippen LogP) is 1.99. The number of carboxylic acids is 1. The van der Waals surface area contributed by atoms with Gasteiger partial charge >= 0.3 is 5.97 Å². The van der Waals surface area contributed by atoms with E-state index in [1.54, 1.807) is 6.07 Å². The van der Waals surface area contributed by atoms with E-state index in [-0.39, 0.29) is 35.7 Å². The van der Waals surface area contributed by atoms with Crippen LogP contribution in [0.2, 0.25) is 0 Å². The standard InChI is InChI=1S/C13H12FNO5S/c14-9-5-2-1-4-8(9)12-15-10(6-3-7-21(18)19)11(20-12)13(16)17/h1-2,4-5H,3,6-7H2,(H,16,17)(H,18,19)/p-1. The highest BCUT2D eigenvalue weighted by atomic mass is 32.2. The smallest absolute Gasteiger partial charge is 0.373 e. The number of carbonyl (C=O) groups is 1. The van der Waals surface area contributed by atoms with E-state index < -0.39 is 28.6 Å². The van der Waals surface area contributed by atoms with Crippen LogP contribution < -0.4 is 0 Å². The van der Waals surface area contributed by atoms with E-state index in [1.807, 2.05) is 0 Å². The number of aromatic nitrogens is 1. The third-order valence-corrected chi connectivity index (χ3v) is 3.34. The Kier molecular flexibility index (Phi) is 4.81. The van der Waals surface area contributed by atoms with Crippen molar-refractivity contribution in [3.8, 4) is 11.5 Å². The minimum absolute atomic E-state index is 0.0543. The Bertz CT molecular complexity index is 685. The van der Waals surface area contributed by atoms with Gasteiger partial charge in [0, 0.05) is 5.75 Å². The van der Waals surface area contributed by atoms with Crippen molar-refractivity contribution in [3.63, 3.8) is 0 Å². The highest BCUT2D eigenvalue weighted by molar-refractivity contribution is 7.79. The van der Waals surface area contributed by atoms with Crippen molar-refractivity contribution in [1.82, 2.24) is 4.98 Å². The van der Waals surface area contributed by atoms with Crippen LogP contribution in [0.1, 0.15) is 22.7 Å². The zero-order valence-corrected chi connectivity index (χ0v) is 11.6. The van der Waals surface area contributed by atoms with E-state index in [0.29, 0.717) is 0 Å². The molecule has 0 saturated carbocycles. The molecule has 1 atom stereocenters. The summed E-state index contributed by atoms with van der Waals surface area (Å²) in [7, 11) is 0. The van der Waals surface area contributed by atoms with Gasteiger partial charge in [0.05, 0.1) is 11.3 Å². The van der Waals surface area contributed by atoms with Crippen LogP contribution in [0.4, 0.5) is 4.39 Å².